The lowest BCUT2D eigenvalue weighted by atomic mass is 9.96. The Morgan fingerprint density at radius 3 is 2.55 bits per heavy atom. The van der Waals surface area contributed by atoms with E-state index >= 15 is 0 Å². The van der Waals surface area contributed by atoms with E-state index < -0.39 is 10.0 Å². The van der Waals surface area contributed by atoms with Crippen molar-refractivity contribution < 1.29 is 13.2 Å². The number of nitrogens with zero attached hydrogens (tertiary/aromatic N) is 4. The van der Waals surface area contributed by atoms with E-state index in [1.54, 1.807) is 11.2 Å². The largest absolute Gasteiger partial charge is 0.373 e. The predicted molar refractivity (Wildman–Crippen MR) is 111 cm³/mol. The third kappa shape index (κ3) is 3.99. The van der Waals surface area contributed by atoms with Gasteiger partial charge in [-0.2, -0.15) is 4.31 Å². The fourth-order valence-corrected chi connectivity index (χ4v) is 6.89. The van der Waals surface area contributed by atoms with Gasteiger partial charge >= 0.3 is 0 Å². The van der Waals surface area contributed by atoms with Crippen molar-refractivity contribution in [1.82, 2.24) is 19.2 Å². The molecular formula is C20H31N5O3S. The van der Waals surface area contributed by atoms with Gasteiger partial charge in [-0.25, -0.2) is 18.4 Å². The molecule has 1 atom stereocenters. The maximum atomic E-state index is 13.0. The number of fused-ring (bicyclic) bond motifs is 1. The van der Waals surface area contributed by atoms with E-state index in [9.17, 15) is 13.2 Å². The van der Waals surface area contributed by atoms with Crippen LogP contribution in [0.4, 0.5) is 5.82 Å². The zero-order valence-corrected chi connectivity index (χ0v) is 18.2. The standard InChI is InChI=1S/C20H31N5O3S/c1-14(26)24-10-5-6-15(12-24)19-22-18-9-11-25(13-17(18)20(21-2)23-19)29(27,28)16-7-3-4-8-16/h15-16H,3-13H2,1-2H3,(H,21,22,23)/t15-/m0/s1. The maximum Gasteiger partial charge on any atom is 0.219 e. The third-order valence-corrected chi connectivity index (χ3v) is 8.94. The summed E-state index contributed by atoms with van der Waals surface area (Å²) < 4.78 is 27.7. The average Bonchev–Trinajstić information content (AvgIpc) is 3.28. The van der Waals surface area contributed by atoms with Crippen LogP contribution in [0.3, 0.4) is 0 Å². The molecule has 1 N–H and O–H groups in total. The van der Waals surface area contributed by atoms with Gasteiger partial charge in [0.1, 0.15) is 11.6 Å². The fourth-order valence-electron chi connectivity index (χ4n) is 4.89. The Bertz CT molecular complexity index is 865. The van der Waals surface area contributed by atoms with E-state index in [-0.39, 0.29) is 17.1 Å². The number of carbonyl (C=O) groups is 1. The van der Waals surface area contributed by atoms with Crippen LogP contribution in [0.2, 0.25) is 0 Å². The number of hydrogen-bond acceptors (Lipinski definition) is 6. The summed E-state index contributed by atoms with van der Waals surface area (Å²) in [4.78, 5) is 23.2. The van der Waals surface area contributed by atoms with Crippen molar-refractivity contribution >= 4 is 21.7 Å². The van der Waals surface area contributed by atoms with Gasteiger partial charge in [-0.3, -0.25) is 4.79 Å². The molecule has 1 aromatic heterocycles. The predicted octanol–water partition coefficient (Wildman–Crippen LogP) is 1.87. The summed E-state index contributed by atoms with van der Waals surface area (Å²) in [6.45, 7) is 3.88. The Labute approximate surface area is 173 Å². The van der Waals surface area contributed by atoms with Gasteiger partial charge in [-0.15, -0.1) is 0 Å². The Kier molecular flexibility index (Phi) is 5.79. The lowest BCUT2D eigenvalue weighted by molar-refractivity contribution is -0.130. The Balaban J connectivity index is 1.58. The topological polar surface area (TPSA) is 95.5 Å². The molecule has 3 heterocycles. The average molecular weight is 422 g/mol. The summed E-state index contributed by atoms with van der Waals surface area (Å²) in [5, 5.41) is 2.92. The van der Waals surface area contributed by atoms with Crippen molar-refractivity contribution in [3.05, 3.63) is 17.1 Å². The minimum atomic E-state index is -3.27. The van der Waals surface area contributed by atoms with E-state index in [0.29, 0.717) is 26.1 Å². The molecule has 160 valence electrons. The lowest BCUT2D eigenvalue weighted by Gasteiger charge is -2.33. The van der Waals surface area contributed by atoms with Crippen molar-refractivity contribution in [3.8, 4) is 0 Å². The molecule has 29 heavy (non-hydrogen) atoms. The number of anilines is 1. The van der Waals surface area contributed by atoms with Crippen molar-refractivity contribution in [2.24, 2.45) is 0 Å². The normalized spacial score (nSPS) is 23.8. The summed E-state index contributed by atoms with van der Waals surface area (Å²) in [6, 6.07) is 0. The third-order valence-electron chi connectivity index (χ3n) is 6.59. The Hall–Kier alpha value is -1.74. The van der Waals surface area contributed by atoms with Crippen LogP contribution in [-0.4, -0.2) is 65.4 Å². The molecule has 1 amide bonds. The van der Waals surface area contributed by atoms with E-state index in [4.69, 9.17) is 9.97 Å². The molecule has 4 rings (SSSR count). The summed E-state index contributed by atoms with van der Waals surface area (Å²) in [5.74, 6) is 1.71. The first-order valence-electron chi connectivity index (χ1n) is 10.7. The van der Waals surface area contributed by atoms with Gasteiger partial charge < -0.3 is 10.2 Å². The number of hydrogen-bond donors (Lipinski definition) is 1. The molecule has 9 heteroatoms. The molecule has 1 aliphatic carbocycles. The molecule has 1 saturated heterocycles. The SMILES string of the molecule is CNc1nc([C@H]2CCCN(C(C)=O)C2)nc2c1CN(S(=O)(=O)C1CCCC1)CC2. The smallest absolute Gasteiger partial charge is 0.219 e. The van der Waals surface area contributed by atoms with Crippen molar-refractivity contribution in [2.45, 2.75) is 69.6 Å². The summed E-state index contributed by atoms with van der Waals surface area (Å²) >= 11 is 0. The number of likely N-dealkylation sites (tertiary alicyclic amines) is 1. The van der Waals surface area contributed by atoms with Gasteiger partial charge in [0.15, 0.2) is 0 Å². The molecule has 8 nitrogen and oxygen atoms in total. The molecule has 0 aromatic carbocycles. The fraction of sp³-hybridized carbons (Fsp3) is 0.750. The monoisotopic (exact) mass is 421 g/mol. The van der Waals surface area contributed by atoms with Crippen LogP contribution in [0.5, 0.6) is 0 Å². The second-order valence-electron chi connectivity index (χ2n) is 8.44. The number of amides is 1. The summed E-state index contributed by atoms with van der Waals surface area (Å²) in [7, 11) is -1.45. The molecule has 2 aliphatic heterocycles. The molecule has 0 radical (unpaired) electrons. The first-order valence-corrected chi connectivity index (χ1v) is 12.2. The summed E-state index contributed by atoms with van der Waals surface area (Å²) in [5.41, 5.74) is 1.83. The van der Waals surface area contributed by atoms with Gasteiger partial charge in [0.25, 0.3) is 0 Å². The van der Waals surface area contributed by atoms with Crippen molar-refractivity contribution in [2.75, 3.05) is 32.0 Å². The van der Waals surface area contributed by atoms with Crippen LogP contribution < -0.4 is 5.32 Å². The first-order chi connectivity index (χ1) is 13.9. The van der Waals surface area contributed by atoms with Crippen LogP contribution >= 0.6 is 0 Å². The highest BCUT2D eigenvalue weighted by Crippen LogP contribution is 2.33. The highest BCUT2D eigenvalue weighted by atomic mass is 32.2. The minimum Gasteiger partial charge on any atom is -0.373 e. The number of carbonyl (C=O) groups excluding carboxylic acids is 1. The molecule has 1 saturated carbocycles. The quantitative estimate of drug-likeness (QED) is 0.797. The van der Waals surface area contributed by atoms with Crippen LogP contribution in [0.15, 0.2) is 0 Å². The van der Waals surface area contributed by atoms with Gasteiger partial charge in [0, 0.05) is 58.1 Å². The van der Waals surface area contributed by atoms with Crippen LogP contribution in [-0.2, 0) is 27.8 Å². The second-order valence-corrected chi connectivity index (χ2v) is 10.7. The molecule has 2 fully saturated rings. The molecule has 0 unspecified atom stereocenters. The molecule has 0 bridgehead atoms. The van der Waals surface area contributed by atoms with E-state index in [1.165, 1.54) is 0 Å². The number of rotatable bonds is 4. The summed E-state index contributed by atoms with van der Waals surface area (Å²) in [6.07, 6.45) is 6.07. The number of sulfonamides is 1. The van der Waals surface area contributed by atoms with Gasteiger partial charge in [-0.05, 0) is 25.7 Å². The maximum absolute atomic E-state index is 13.0. The van der Waals surface area contributed by atoms with Crippen LogP contribution in [0.1, 0.15) is 68.4 Å². The second kappa shape index (κ2) is 8.18. The van der Waals surface area contributed by atoms with Crippen molar-refractivity contribution in [3.63, 3.8) is 0 Å². The minimum absolute atomic E-state index is 0.0919. The number of nitrogens with one attached hydrogen (secondary N) is 1. The number of piperidine rings is 1. The van der Waals surface area contributed by atoms with E-state index in [0.717, 1.165) is 68.0 Å². The van der Waals surface area contributed by atoms with Gasteiger partial charge in [0.05, 0.1) is 10.9 Å². The van der Waals surface area contributed by atoms with Gasteiger partial charge in [-0.1, -0.05) is 12.8 Å². The molecular weight excluding hydrogens is 390 g/mol. The molecule has 3 aliphatic rings. The lowest BCUT2D eigenvalue weighted by Crippen LogP contribution is -2.42. The van der Waals surface area contributed by atoms with Crippen LogP contribution in [0, 0.1) is 0 Å². The molecule has 0 spiro atoms. The van der Waals surface area contributed by atoms with Crippen molar-refractivity contribution in [1.29, 1.82) is 0 Å². The highest BCUT2D eigenvalue weighted by Gasteiger charge is 2.37. The number of aromatic nitrogens is 2. The molecule has 1 aromatic rings. The zero-order chi connectivity index (χ0) is 20.6. The van der Waals surface area contributed by atoms with Crippen LogP contribution in [0.25, 0.3) is 0 Å². The Morgan fingerprint density at radius 1 is 1.10 bits per heavy atom. The first kappa shape index (κ1) is 20.5. The van der Waals surface area contributed by atoms with Gasteiger partial charge in [0.2, 0.25) is 15.9 Å². The zero-order valence-electron chi connectivity index (χ0n) is 17.4. The Morgan fingerprint density at radius 2 is 1.86 bits per heavy atom. The highest BCUT2D eigenvalue weighted by molar-refractivity contribution is 7.89. The van der Waals surface area contributed by atoms with E-state index in [1.807, 2.05) is 11.9 Å². The van der Waals surface area contributed by atoms with E-state index in [2.05, 4.69) is 5.32 Å².